The number of terminal acetylenes is 1. The monoisotopic (exact) mass is 271 g/mol. The molecule has 0 aliphatic carbocycles. The van der Waals surface area contributed by atoms with Crippen LogP contribution >= 0.6 is 0 Å². The predicted octanol–water partition coefficient (Wildman–Crippen LogP) is 2.27. The van der Waals surface area contributed by atoms with Crippen LogP contribution < -0.4 is 0 Å². The lowest BCUT2D eigenvalue weighted by atomic mass is 10.0. The topological polar surface area (TPSA) is 47.0 Å². The van der Waals surface area contributed by atoms with E-state index in [1.807, 2.05) is 30.3 Å². The van der Waals surface area contributed by atoms with E-state index in [0.29, 0.717) is 0 Å². The molecule has 1 atom stereocenters. The number of aromatic nitrogens is 1. The third-order valence-corrected chi connectivity index (χ3v) is 4.40. The third kappa shape index (κ3) is 3.21. The Balaban J connectivity index is 2.28. The standard InChI is InChI=1S/C15H13NO2S/c1-2-13(14-8-4-3-5-9-14)12-19(17,18)15-10-6-7-11-16-15/h1,3-11,13H,12H2. The Morgan fingerprint density at radius 3 is 2.37 bits per heavy atom. The molecule has 4 heteroatoms. The van der Waals surface area contributed by atoms with Crippen molar-refractivity contribution in [1.82, 2.24) is 4.98 Å². The minimum atomic E-state index is -3.47. The summed E-state index contributed by atoms with van der Waals surface area (Å²) >= 11 is 0. The maximum Gasteiger partial charge on any atom is 0.197 e. The van der Waals surface area contributed by atoms with E-state index in [9.17, 15) is 8.42 Å². The fraction of sp³-hybridized carbons (Fsp3) is 0.133. The van der Waals surface area contributed by atoms with Gasteiger partial charge in [-0.25, -0.2) is 13.4 Å². The van der Waals surface area contributed by atoms with Gasteiger partial charge in [0.25, 0.3) is 0 Å². The molecule has 2 aromatic rings. The summed E-state index contributed by atoms with van der Waals surface area (Å²) in [5.74, 6) is 1.94. The van der Waals surface area contributed by atoms with Gasteiger partial charge in [-0.15, -0.1) is 6.42 Å². The van der Waals surface area contributed by atoms with Crippen molar-refractivity contribution in [3.63, 3.8) is 0 Å². The molecule has 0 saturated carbocycles. The summed E-state index contributed by atoms with van der Waals surface area (Å²) in [5, 5.41) is 0.0613. The molecule has 2 rings (SSSR count). The van der Waals surface area contributed by atoms with E-state index >= 15 is 0 Å². The van der Waals surface area contributed by atoms with Crippen LogP contribution in [0, 0.1) is 12.3 Å². The van der Waals surface area contributed by atoms with Gasteiger partial charge in [0.2, 0.25) is 0 Å². The number of hydrogen-bond donors (Lipinski definition) is 0. The van der Waals surface area contributed by atoms with Gasteiger partial charge in [0.1, 0.15) is 0 Å². The first-order valence-corrected chi connectivity index (χ1v) is 7.43. The Kier molecular flexibility index (Phi) is 3.98. The highest BCUT2D eigenvalue weighted by Crippen LogP contribution is 2.20. The SMILES string of the molecule is C#CC(CS(=O)(=O)c1ccccn1)c1ccccc1. The molecule has 0 N–H and O–H groups in total. The second-order valence-corrected chi connectivity index (χ2v) is 6.06. The molecule has 0 radical (unpaired) electrons. The zero-order valence-corrected chi connectivity index (χ0v) is 11.0. The van der Waals surface area contributed by atoms with Crippen LogP contribution in [0.1, 0.15) is 11.5 Å². The molecule has 96 valence electrons. The minimum Gasteiger partial charge on any atom is -0.245 e. The molecular weight excluding hydrogens is 258 g/mol. The normalized spacial score (nSPS) is 12.6. The van der Waals surface area contributed by atoms with Crippen molar-refractivity contribution in [2.75, 3.05) is 5.75 Å². The summed E-state index contributed by atoms with van der Waals surface area (Å²) in [6.07, 6.45) is 6.91. The van der Waals surface area contributed by atoms with Crippen LogP contribution in [0.15, 0.2) is 59.8 Å². The van der Waals surface area contributed by atoms with Crippen molar-refractivity contribution in [2.45, 2.75) is 10.9 Å². The Morgan fingerprint density at radius 1 is 1.11 bits per heavy atom. The van der Waals surface area contributed by atoms with E-state index in [4.69, 9.17) is 6.42 Å². The zero-order chi connectivity index (χ0) is 13.7. The first kappa shape index (κ1) is 13.3. The van der Waals surface area contributed by atoms with Crippen molar-refractivity contribution in [3.8, 4) is 12.3 Å². The molecule has 0 amide bonds. The minimum absolute atomic E-state index is 0.0613. The molecule has 1 unspecified atom stereocenters. The highest BCUT2D eigenvalue weighted by Gasteiger charge is 2.21. The van der Waals surface area contributed by atoms with E-state index in [1.54, 1.807) is 12.1 Å². The average Bonchev–Trinajstić information content (AvgIpc) is 2.47. The molecule has 0 saturated heterocycles. The van der Waals surface area contributed by atoms with Gasteiger partial charge in [-0.1, -0.05) is 42.3 Å². The van der Waals surface area contributed by atoms with Crippen molar-refractivity contribution < 1.29 is 8.42 Å². The van der Waals surface area contributed by atoms with E-state index < -0.39 is 15.8 Å². The lowest BCUT2D eigenvalue weighted by Gasteiger charge is -2.11. The molecule has 19 heavy (non-hydrogen) atoms. The van der Waals surface area contributed by atoms with Gasteiger partial charge in [-0.05, 0) is 17.7 Å². The summed E-state index contributed by atoms with van der Waals surface area (Å²) in [7, 11) is -3.47. The van der Waals surface area contributed by atoms with Crippen molar-refractivity contribution in [3.05, 3.63) is 60.3 Å². The van der Waals surface area contributed by atoms with Crippen molar-refractivity contribution in [2.24, 2.45) is 0 Å². The lowest BCUT2D eigenvalue weighted by Crippen LogP contribution is -2.15. The fourth-order valence-electron chi connectivity index (χ4n) is 1.76. The maximum absolute atomic E-state index is 12.2. The van der Waals surface area contributed by atoms with Gasteiger partial charge in [-0.2, -0.15) is 0 Å². The summed E-state index contributed by atoms with van der Waals surface area (Å²) in [6, 6.07) is 14.0. The highest BCUT2D eigenvalue weighted by molar-refractivity contribution is 7.91. The first-order chi connectivity index (χ1) is 9.13. The van der Waals surface area contributed by atoms with E-state index in [2.05, 4.69) is 10.9 Å². The number of hydrogen-bond acceptors (Lipinski definition) is 3. The maximum atomic E-state index is 12.2. The molecule has 0 fully saturated rings. The van der Waals surface area contributed by atoms with Crippen LogP contribution in [-0.4, -0.2) is 19.2 Å². The summed E-state index contributed by atoms with van der Waals surface area (Å²) in [4.78, 5) is 3.87. The molecular formula is C15H13NO2S. The van der Waals surface area contributed by atoms with Crippen LogP contribution in [0.2, 0.25) is 0 Å². The molecule has 0 spiro atoms. The van der Waals surface area contributed by atoms with Gasteiger partial charge in [0.05, 0.1) is 11.7 Å². The number of benzene rings is 1. The van der Waals surface area contributed by atoms with E-state index in [0.717, 1.165) is 5.56 Å². The lowest BCUT2D eigenvalue weighted by molar-refractivity contribution is 0.590. The smallest absolute Gasteiger partial charge is 0.197 e. The molecule has 1 heterocycles. The van der Waals surface area contributed by atoms with Gasteiger partial charge < -0.3 is 0 Å². The second-order valence-electron chi connectivity index (χ2n) is 4.08. The molecule has 0 bridgehead atoms. The van der Waals surface area contributed by atoms with E-state index in [-0.39, 0.29) is 10.8 Å². The van der Waals surface area contributed by atoms with Gasteiger partial charge in [-0.3, -0.25) is 0 Å². The number of sulfone groups is 1. The second kappa shape index (κ2) is 5.68. The van der Waals surface area contributed by atoms with Crippen LogP contribution in [0.4, 0.5) is 0 Å². The number of nitrogens with zero attached hydrogens (tertiary/aromatic N) is 1. The summed E-state index contributed by atoms with van der Waals surface area (Å²) < 4.78 is 24.4. The molecule has 1 aromatic carbocycles. The Morgan fingerprint density at radius 2 is 1.79 bits per heavy atom. The molecule has 0 aliphatic rings. The summed E-state index contributed by atoms with van der Waals surface area (Å²) in [6.45, 7) is 0. The quantitative estimate of drug-likeness (QED) is 0.801. The largest absolute Gasteiger partial charge is 0.245 e. The highest BCUT2D eigenvalue weighted by atomic mass is 32.2. The van der Waals surface area contributed by atoms with Gasteiger partial charge >= 0.3 is 0 Å². The first-order valence-electron chi connectivity index (χ1n) is 5.78. The zero-order valence-electron chi connectivity index (χ0n) is 10.2. The average molecular weight is 271 g/mol. The Labute approximate surface area is 113 Å². The Bertz CT molecular complexity index is 673. The molecule has 1 aromatic heterocycles. The van der Waals surface area contributed by atoms with Gasteiger partial charge in [0.15, 0.2) is 14.9 Å². The number of rotatable bonds is 4. The van der Waals surface area contributed by atoms with E-state index in [1.165, 1.54) is 12.3 Å². The predicted molar refractivity (Wildman–Crippen MR) is 74.3 cm³/mol. The van der Waals surface area contributed by atoms with Crippen LogP contribution in [0.25, 0.3) is 0 Å². The summed E-state index contributed by atoms with van der Waals surface area (Å²) in [5.41, 5.74) is 0.824. The molecule has 0 aliphatic heterocycles. The van der Waals surface area contributed by atoms with Gasteiger partial charge in [0, 0.05) is 6.20 Å². The Hall–Kier alpha value is -2.12. The van der Waals surface area contributed by atoms with Crippen LogP contribution in [0.3, 0.4) is 0 Å². The third-order valence-electron chi connectivity index (χ3n) is 2.75. The number of pyridine rings is 1. The molecule has 3 nitrogen and oxygen atoms in total. The van der Waals surface area contributed by atoms with Crippen LogP contribution in [-0.2, 0) is 9.84 Å². The van der Waals surface area contributed by atoms with Crippen LogP contribution in [0.5, 0.6) is 0 Å². The fourth-order valence-corrected chi connectivity index (χ4v) is 3.17. The van der Waals surface area contributed by atoms with Crippen molar-refractivity contribution in [1.29, 1.82) is 0 Å². The van der Waals surface area contributed by atoms with Crippen molar-refractivity contribution >= 4 is 9.84 Å².